The second-order valence-corrected chi connectivity index (χ2v) is 10.8. The summed E-state index contributed by atoms with van der Waals surface area (Å²) >= 11 is 6.39. The van der Waals surface area contributed by atoms with Gasteiger partial charge in [-0.2, -0.15) is 18.3 Å². The van der Waals surface area contributed by atoms with Crippen molar-refractivity contribution in [1.29, 1.82) is 0 Å². The standard InChI is InChI=1S/C27H29ClF4N8O3/c28-20-12-16(1-2-18(20)26(43)40-9-7-39(8-10-40)25(42)15-3-5-33-6-4-15)36-24(41)23-34-14-17(35-23)11-19-21(13-29)37-38-22(19)27(30,31)32/h1-2,12,14-15,33H,3-11,13H2,(H,34,35)(H,36,41)(H,37,38). The number of carbonyl (C=O) groups excluding carboxylic acids is 3. The molecule has 0 bridgehead atoms. The third-order valence-electron chi connectivity index (χ3n) is 7.59. The zero-order valence-corrected chi connectivity index (χ0v) is 23.6. The van der Waals surface area contributed by atoms with Crippen molar-refractivity contribution in [2.45, 2.75) is 32.1 Å². The first-order chi connectivity index (χ1) is 20.5. The molecule has 2 aliphatic rings. The minimum Gasteiger partial charge on any atom is -0.339 e. The van der Waals surface area contributed by atoms with Crippen LogP contribution in [0.5, 0.6) is 0 Å². The molecule has 0 spiro atoms. The molecule has 0 saturated carbocycles. The van der Waals surface area contributed by atoms with Crippen molar-refractivity contribution in [3.8, 4) is 0 Å². The second-order valence-electron chi connectivity index (χ2n) is 10.4. The van der Waals surface area contributed by atoms with Crippen LogP contribution >= 0.6 is 11.6 Å². The summed E-state index contributed by atoms with van der Waals surface area (Å²) in [7, 11) is 0. The molecular formula is C27H29ClF4N8O3. The first kappa shape index (κ1) is 30.5. The summed E-state index contributed by atoms with van der Waals surface area (Å²) < 4.78 is 53.0. The van der Waals surface area contributed by atoms with Crippen LogP contribution < -0.4 is 10.6 Å². The molecule has 0 atom stereocenters. The van der Waals surface area contributed by atoms with E-state index >= 15 is 0 Å². The van der Waals surface area contributed by atoms with Crippen LogP contribution in [0.1, 0.15) is 56.5 Å². The molecule has 1 aromatic carbocycles. The summed E-state index contributed by atoms with van der Waals surface area (Å²) in [4.78, 5) is 48.7. The van der Waals surface area contributed by atoms with Crippen LogP contribution in [0.3, 0.4) is 0 Å². The summed E-state index contributed by atoms with van der Waals surface area (Å²) in [6, 6.07) is 4.38. The molecular weight excluding hydrogens is 596 g/mol. The highest BCUT2D eigenvalue weighted by Gasteiger charge is 2.38. The number of H-pyrrole nitrogens is 2. The average molecular weight is 625 g/mol. The van der Waals surface area contributed by atoms with Crippen LogP contribution in [0, 0.1) is 5.92 Å². The predicted octanol–water partition coefficient (Wildman–Crippen LogP) is 3.40. The number of hydrogen-bond donors (Lipinski definition) is 4. The van der Waals surface area contributed by atoms with Gasteiger partial charge in [-0.05, 0) is 44.1 Å². The molecule has 230 valence electrons. The molecule has 2 aliphatic heterocycles. The molecule has 0 aliphatic carbocycles. The van der Waals surface area contributed by atoms with Gasteiger partial charge in [0.15, 0.2) is 11.5 Å². The largest absolute Gasteiger partial charge is 0.435 e. The maximum atomic E-state index is 13.3. The molecule has 0 unspecified atom stereocenters. The lowest BCUT2D eigenvalue weighted by Gasteiger charge is -2.37. The van der Waals surface area contributed by atoms with Crippen molar-refractivity contribution in [2.75, 3.05) is 44.6 Å². The van der Waals surface area contributed by atoms with Gasteiger partial charge in [0.05, 0.1) is 16.3 Å². The fourth-order valence-corrected chi connectivity index (χ4v) is 5.54. The van der Waals surface area contributed by atoms with Gasteiger partial charge >= 0.3 is 6.18 Å². The fraction of sp³-hybridized carbons (Fsp3) is 0.444. The molecule has 3 aromatic rings. The zero-order valence-electron chi connectivity index (χ0n) is 22.9. The second kappa shape index (κ2) is 12.7. The Morgan fingerprint density at radius 3 is 2.42 bits per heavy atom. The van der Waals surface area contributed by atoms with E-state index < -0.39 is 24.5 Å². The van der Waals surface area contributed by atoms with Gasteiger partial charge in [0, 0.05) is 61.7 Å². The maximum Gasteiger partial charge on any atom is 0.435 e. The van der Waals surface area contributed by atoms with Gasteiger partial charge in [-0.15, -0.1) is 0 Å². The number of nitrogens with zero attached hydrogens (tertiary/aromatic N) is 4. The van der Waals surface area contributed by atoms with Crippen LogP contribution in [0.4, 0.5) is 23.2 Å². The Hall–Kier alpha value is -3.98. The van der Waals surface area contributed by atoms with Gasteiger partial charge in [-0.3, -0.25) is 19.5 Å². The van der Waals surface area contributed by atoms with Gasteiger partial charge in [0.2, 0.25) is 5.91 Å². The number of anilines is 1. The number of alkyl halides is 4. The highest BCUT2D eigenvalue weighted by atomic mass is 35.5. The summed E-state index contributed by atoms with van der Waals surface area (Å²) in [5.41, 5.74) is -1.30. The molecule has 3 amide bonds. The van der Waals surface area contributed by atoms with E-state index in [2.05, 4.69) is 30.8 Å². The third kappa shape index (κ3) is 6.82. The van der Waals surface area contributed by atoms with Crippen LogP contribution in [-0.4, -0.2) is 87.0 Å². The van der Waals surface area contributed by atoms with Crippen LogP contribution in [0.15, 0.2) is 24.4 Å². The number of rotatable bonds is 7. The molecule has 2 aromatic heterocycles. The smallest absolute Gasteiger partial charge is 0.339 e. The zero-order chi connectivity index (χ0) is 30.7. The molecule has 5 rings (SSSR count). The van der Waals surface area contributed by atoms with Crippen molar-refractivity contribution in [2.24, 2.45) is 5.92 Å². The van der Waals surface area contributed by atoms with E-state index in [1.807, 2.05) is 4.90 Å². The monoisotopic (exact) mass is 624 g/mol. The van der Waals surface area contributed by atoms with Gasteiger partial charge < -0.3 is 25.4 Å². The van der Waals surface area contributed by atoms with E-state index in [1.165, 1.54) is 24.4 Å². The SMILES string of the molecule is O=C(Nc1ccc(C(=O)N2CCN(C(=O)C3CCNCC3)CC2)c(Cl)c1)c1ncc(Cc2c(C(F)(F)F)n[nH]c2CF)[nH]1. The number of nitrogens with one attached hydrogen (secondary N) is 4. The summed E-state index contributed by atoms with van der Waals surface area (Å²) in [5, 5.41) is 11.2. The van der Waals surface area contributed by atoms with Gasteiger partial charge in [-0.25, -0.2) is 9.37 Å². The molecule has 2 saturated heterocycles. The van der Waals surface area contributed by atoms with Crippen molar-refractivity contribution in [3.63, 3.8) is 0 Å². The number of aromatic nitrogens is 4. The lowest BCUT2D eigenvalue weighted by molar-refractivity contribution is -0.141. The highest BCUT2D eigenvalue weighted by Crippen LogP contribution is 2.33. The highest BCUT2D eigenvalue weighted by molar-refractivity contribution is 6.34. The number of benzene rings is 1. The first-order valence-electron chi connectivity index (χ1n) is 13.7. The molecule has 4 N–H and O–H groups in total. The quantitative estimate of drug-likeness (QED) is 0.297. The summed E-state index contributed by atoms with van der Waals surface area (Å²) in [6.07, 6.45) is -2.36. The number of amides is 3. The molecule has 43 heavy (non-hydrogen) atoms. The third-order valence-corrected chi connectivity index (χ3v) is 7.90. The van der Waals surface area contributed by atoms with Crippen molar-refractivity contribution >= 4 is 35.0 Å². The number of carbonyl (C=O) groups is 3. The Morgan fingerprint density at radius 2 is 1.77 bits per heavy atom. The summed E-state index contributed by atoms with van der Waals surface area (Å²) in [6.45, 7) is 2.12. The van der Waals surface area contributed by atoms with Crippen LogP contribution in [0.2, 0.25) is 5.02 Å². The lowest BCUT2D eigenvalue weighted by atomic mass is 9.96. The Bertz CT molecular complexity index is 1490. The molecule has 4 heterocycles. The number of imidazole rings is 1. The number of hydrogen-bond acceptors (Lipinski definition) is 6. The van der Waals surface area contributed by atoms with Gasteiger partial charge in [0.25, 0.3) is 11.8 Å². The Balaban J connectivity index is 1.18. The minimum absolute atomic E-state index is 0.0152. The maximum absolute atomic E-state index is 13.3. The molecule has 11 nitrogen and oxygen atoms in total. The van der Waals surface area contributed by atoms with E-state index in [9.17, 15) is 31.9 Å². The van der Waals surface area contributed by atoms with Gasteiger partial charge in [-0.1, -0.05) is 11.6 Å². The lowest BCUT2D eigenvalue weighted by Crippen LogP contribution is -2.52. The molecule has 2 fully saturated rings. The molecule has 0 radical (unpaired) electrons. The Labute approximate surface area is 248 Å². The topological polar surface area (TPSA) is 139 Å². The predicted molar refractivity (Wildman–Crippen MR) is 147 cm³/mol. The minimum atomic E-state index is -4.79. The number of piperazine rings is 1. The summed E-state index contributed by atoms with van der Waals surface area (Å²) in [5.74, 6) is -1.04. The van der Waals surface area contributed by atoms with Crippen LogP contribution in [-0.2, 0) is 24.1 Å². The van der Waals surface area contributed by atoms with Crippen molar-refractivity contribution < 1.29 is 31.9 Å². The number of halogens is 5. The first-order valence-corrected chi connectivity index (χ1v) is 14.1. The van der Waals surface area contributed by atoms with E-state index in [0.29, 0.717) is 26.2 Å². The Morgan fingerprint density at radius 1 is 1.07 bits per heavy atom. The van der Waals surface area contributed by atoms with E-state index in [-0.39, 0.29) is 63.2 Å². The van der Waals surface area contributed by atoms with Gasteiger partial charge in [0.1, 0.15) is 6.67 Å². The average Bonchev–Trinajstić information content (AvgIpc) is 3.64. The normalized spacial score (nSPS) is 16.4. The van der Waals surface area contributed by atoms with E-state index in [0.717, 1.165) is 25.9 Å². The fourth-order valence-electron chi connectivity index (χ4n) is 5.28. The molecule has 16 heteroatoms. The number of piperidine rings is 1. The van der Waals surface area contributed by atoms with E-state index in [1.54, 1.807) is 4.90 Å². The van der Waals surface area contributed by atoms with Crippen LogP contribution in [0.25, 0.3) is 0 Å². The van der Waals surface area contributed by atoms with Crippen molar-refractivity contribution in [1.82, 2.24) is 35.3 Å². The Kier molecular flexibility index (Phi) is 9.01. The number of aromatic amines is 2. The van der Waals surface area contributed by atoms with Crippen molar-refractivity contribution in [3.05, 3.63) is 63.5 Å². The van der Waals surface area contributed by atoms with E-state index in [4.69, 9.17) is 11.6 Å².